The van der Waals surface area contributed by atoms with Crippen LogP contribution in [0.4, 0.5) is 8.78 Å². The molecule has 0 radical (unpaired) electrons. The van der Waals surface area contributed by atoms with Crippen molar-refractivity contribution in [3.8, 4) is 0 Å². The molecule has 0 saturated carbocycles. The summed E-state index contributed by atoms with van der Waals surface area (Å²) in [6.07, 6.45) is -1.98. The third-order valence-electron chi connectivity index (χ3n) is 1.69. The third kappa shape index (κ3) is 3.45. The predicted octanol–water partition coefficient (Wildman–Crippen LogP) is 1.68. The van der Waals surface area contributed by atoms with Gasteiger partial charge in [-0.15, -0.1) is 0 Å². The van der Waals surface area contributed by atoms with E-state index in [4.69, 9.17) is 5.11 Å². The van der Waals surface area contributed by atoms with Crippen molar-refractivity contribution in [2.75, 3.05) is 0 Å². The van der Waals surface area contributed by atoms with Crippen molar-refractivity contribution in [1.29, 1.82) is 0 Å². The second-order valence-electron chi connectivity index (χ2n) is 4.23. The lowest BCUT2D eigenvalue weighted by Gasteiger charge is -2.24. The second-order valence-corrected chi connectivity index (χ2v) is 4.23. The summed E-state index contributed by atoms with van der Waals surface area (Å²) in [7, 11) is 0. The normalized spacial score (nSPS) is 14.5. The molecular formula is C9H14F2O4. The molecule has 0 aliphatic rings. The number of hydrogen-bond donors (Lipinski definition) is 1. The van der Waals surface area contributed by atoms with Gasteiger partial charge in [0.05, 0.1) is 5.41 Å². The number of halogens is 2. The van der Waals surface area contributed by atoms with Gasteiger partial charge >= 0.3 is 17.9 Å². The molecule has 0 fully saturated rings. The van der Waals surface area contributed by atoms with Crippen molar-refractivity contribution in [2.24, 2.45) is 5.41 Å². The Hall–Kier alpha value is -1.20. The van der Waals surface area contributed by atoms with Crippen LogP contribution in [0.15, 0.2) is 0 Å². The average Bonchev–Trinajstić information content (AvgIpc) is 2.01. The first-order valence-electron chi connectivity index (χ1n) is 4.32. The molecule has 1 atom stereocenters. The van der Waals surface area contributed by atoms with Crippen LogP contribution in [-0.2, 0) is 14.3 Å². The van der Waals surface area contributed by atoms with Crippen molar-refractivity contribution < 1.29 is 28.2 Å². The van der Waals surface area contributed by atoms with Gasteiger partial charge in [-0.25, -0.2) is 4.79 Å². The average molecular weight is 224 g/mol. The number of carboxylic acids is 1. The lowest BCUT2D eigenvalue weighted by Crippen LogP contribution is -2.43. The number of rotatable bonds is 3. The highest BCUT2D eigenvalue weighted by atomic mass is 19.3. The summed E-state index contributed by atoms with van der Waals surface area (Å²) in [5.41, 5.74) is -0.942. The predicted molar refractivity (Wildman–Crippen MR) is 47.6 cm³/mol. The topological polar surface area (TPSA) is 63.6 Å². The molecule has 0 aromatic heterocycles. The fourth-order valence-electron chi connectivity index (χ4n) is 0.585. The molecule has 0 saturated heterocycles. The van der Waals surface area contributed by atoms with Gasteiger partial charge in [-0.3, -0.25) is 4.79 Å². The first-order chi connectivity index (χ1) is 6.49. The Morgan fingerprint density at radius 1 is 1.27 bits per heavy atom. The van der Waals surface area contributed by atoms with Crippen LogP contribution >= 0.6 is 0 Å². The largest absolute Gasteiger partial charge is 0.477 e. The molecule has 0 aliphatic heterocycles. The van der Waals surface area contributed by atoms with Crippen molar-refractivity contribution >= 4 is 11.9 Å². The zero-order valence-electron chi connectivity index (χ0n) is 9.01. The molecule has 0 bridgehead atoms. The monoisotopic (exact) mass is 224 g/mol. The van der Waals surface area contributed by atoms with Gasteiger partial charge in [0.15, 0.2) is 6.10 Å². The Morgan fingerprint density at radius 2 is 1.67 bits per heavy atom. The summed E-state index contributed by atoms with van der Waals surface area (Å²) < 4.78 is 30.0. The van der Waals surface area contributed by atoms with E-state index in [1.165, 1.54) is 20.8 Å². The highest BCUT2D eigenvalue weighted by molar-refractivity contribution is 5.78. The van der Waals surface area contributed by atoms with E-state index in [1.807, 2.05) is 0 Å². The number of esters is 1. The highest BCUT2D eigenvalue weighted by Gasteiger charge is 2.48. The lowest BCUT2D eigenvalue weighted by atomic mass is 9.97. The summed E-state index contributed by atoms with van der Waals surface area (Å²) in [6, 6.07) is 0. The van der Waals surface area contributed by atoms with Crippen molar-refractivity contribution in [3.63, 3.8) is 0 Å². The summed E-state index contributed by atoms with van der Waals surface area (Å²) in [4.78, 5) is 21.3. The van der Waals surface area contributed by atoms with Gasteiger partial charge in [-0.1, -0.05) is 0 Å². The van der Waals surface area contributed by atoms with E-state index in [9.17, 15) is 18.4 Å². The number of hydrogen-bond acceptors (Lipinski definition) is 3. The number of alkyl halides is 2. The van der Waals surface area contributed by atoms with Gasteiger partial charge in [0.2, 0.25) is 0 Å². The standard InChI is InChI=1S/C9H14F2O4/c1-5(9(10,11)6(12)13)15-7(14)8(2,3)4/h5H,1-4H3,(H,12,13). The van der Waals surface area contributed by atoms with Gasteiger partial charge in [0.25, 0.3) is 0 Å². The SMILES string of the molecule is CC(OC(=O)C(C)(C)C)C(F)(F)C(=O)O. The maximum atomic E-state index is 12.8. The molecule has 6 heteroatoms. The fourth-order valence-corrected chi connectivity index (χ4v) is 0.585. The van der Waals surface area contributed by atoms with E-state index in [-0.39, 0.29) is 0 Å². The Kier molecular flexibility index (Phi) is 3.79. The van der Waals surface area contributed by atoms with Gasteiger partial charge in [0, 0.05) is 0 Å². The Labute approximate surface area is 86.2 Å². The molecule has 88 valence electrons. The molecule has 15 heavy (non-hydrogen) atoms. The molecular weight excluding hydrogens is 210 g/mol. The number of carbonyl (C=O) groups is 2. The van der Waals surface area contributed by atoms with Crippen molar-refractivity contribution in [2.45, 2.75) is 39.7 Å². The third-order valence-corrected chi connectivity index (χ3v) is 1.69. The van der Waals surface area contributed by atoms with Crippen LogP contribution in [0.2, 0.25) is 0 Å². The summed E-state index contributed by atoms with van der Waals surface area (Å²) in [5, 5.41) is 8.19. The van der Waals surface area contributed by atoms with Crippen LogP contribution in [0.25, 0.3) is 0 Å². The Morgan fingerprint density at radius 3 is 1.93 bits per heavy atom. The molecule has 0 aliphatic carbocycles. The number of aliphatic carboxylic acids is 1. The minimum absolute atomic E-state index is 0.845. The molecule has 1 unspecified atom stereocenters. The second kappa shape index (κ2) is 4.12. The van der Waals surface area contributed by atoms with Crippen LogP contribution in [0, 0.1) is 5.41 Å². The van der Waals surface area contributed by atoms with E-state index < -0.39 is 29.4 Å². The maximum absolute atomic E-state index is 12.8. The molecule has 0 spiro atoms. The fraction of sp³-hybridized carbons (Fsp3) is 0.778. The van der Waals surface area contributed by atoms with Crippen LogP contribution < -0.4 is 0 Å². The smallest absolute Gasteiger partial charge is 0.378 e. The zero-order chi connectivity index (χ0) is 12.4. The van der Waals surface area contributed by atoms with E-state index in [0.717, 1.165) is 6.92 Å². The molecule has 0 rings (SSSR count). The van der Waals surface area contributed by atoms with Gasteiger partial charge in [0.1, 0.15) is 0 Å². The molecule has 0 aromatic rings. The number of carbonyl (C=O) groups excluding carboxylic acids is 1. The van der Waals surface area contributed by atoms with E-state index in [2.05, 4.69) is 4.74 Å². The zero-order valence-corrected chi connectivity index (χ0v) is 9.01. The summed E-state index contributed by atoms with van der Waals surface area (Å²) in [5.74, 6) is -7.24. The first kappa shape index (κ1) is 13.8. The van der Waals surface area contributed by atoms with E-state index >= 15 is 0 Å². The molecule has 0 amide bonds. The summed E-state index contributed by atoms with van der Waals surface area (Å²) in [6.45, 7) is 5.31. The van der Waals surface area contributed by atoms with Crippen molar-refractivity contribution in [3.05, 3.63) is 0 Å². The molecule has 0 aromatic carbocycles. The number of carboxylic acid groups (broad SMARTS) is 1. The molecule has 0 heterocycles. The Balaban J connectivity index is 4.58. The van der Waals surface area contributed by atoms with E-state index in [1.54, 1.807) is 0 Å². The maximum Gasteiger partial charge on any atom is 0.378 e. The van der Waals surface area contributed by atoms with Crippen LogP contribution in [0.5, 0.6) is 0 Å². The number of ether oxygens (including phenoxy) is 1. The Bertz CT molecular complexity index is 268. The lowest BCUT2D eigenvalue weighted by molar-refractivity contribution is -0.194. The minimum Gasteiger partial charge on any atom is -0.477 e. The van der Waals surface area contributed by atoms with E-state index in [0.29, 0.717) is 0 Å². The minimum atomic E-state index is -4.07. The van der Waals surface area contributed by atoms with Gasteiger partial charge in [-0.2, -0.15) is 8.78 Å². The molecule has 4 nitrogen and oxygen atoms in total. The van der Waals surface area contributed by atoms with Crippen LogP contribution in [0.1, 0.15) is 27.7 Å². The van der Waals surface area contributed by atoms with Crippen LogP contribution in [0.3, 0.4) is 0 Å². The highest BCUT2D eigenvalue weighted by Crippen LogP contribution is 2.24. The molecule has 1 N–H and O–H groups in total. The van der Waals surface area contributed by atoms with Crippen LogP contribution in [-0.4, -0.2) is 29.1 Å². The van der Waals surface area contributed by atoms with Gasteiger partial charge < -0.3 is 9.84 Å². The van der Waals surface area contributed by atoms with Crippen molar-refractivity contribution in [1.82, 2.24) is 0 Å². The quantitative estimate of drug-likeness (QED) is 0.741. The van der Waals surface area contributed by atoms with Gasteiger partial charge in [-0.05, 0) is 27.7 Å². The first-order valence-corrected chi connectivity index (χ1v) is 4.32. The summed E-state index contributed by atoms with van der Waals surface area (Å²) >= 11 is 0.